The van der Waals surface area contributed by atoms with Crippen molar-refractivity contribution >= 4 is 23.6 Å². The average molecular weight is 297 g/mol. The molecule has 7 heteroatoms. The summed E-state index contributed by atoms with van der Waals surface area (Å²) in [5, 5.41) is 0. The molecule has 7 nitrogen and oxygen atoms in total. The van der Waals surface area contributed by atoms with Gasteiger partial charge in [-0.05, 0) is 27.2 Å². The SMILES string of the molecule is COC(=O)C1=NC(C(=O)OC)=C(C(=O)OC(C)(C)C)CC1. The fourth-order valence-corrected chi connectivity index (χ4v) is 1.69. The van der Waals surface area contributed by atoms with Gasteiger partial charge in [-0.1, -0.05) is 0 Å². The molecule has 116 valence electrons. The molecule has 0 saturated heterocycles. The lowest BCUT2D eigenvalue weighted by molar-refractivity contribution is -0.151. The predicted molar refractivity (Wildman–Crippen MR) is 73.6 cm³/mol. The topological polar surface area (TPSA) is 91.3 Å². The molecule has 1 heterocycles. The number of hydrogen-bond acceptors (Lipinski definition) is 7. The highest BCUT2D eigenvalue weighted by atomic mass is 16.6. The molecule has 0 aromatic rings. The van der Waals surface area contributed by atoms with E-state index in [1.165, 1.54) is 14.2 Å². The first-order chi connectivity index (χ1) is 9.69. The number of ether oxygens (including phenoxy) is 3. The second kappa shape index (κ2) is 6.51. The van der Waals surface area contributed by atoms with E-state index in [4.69, 9.17) is 4.74 Å². The third-order valence-corrected chi connectivity index (χ3v) is 2.59. The minimum Gasteiger partial charge on any atom is -0.465 e. The highest BCUT2D eigenvalue weighted by molar-refractivity contribution is 6.37. The van der Waals surface area contributed by atoms with Crippen LogP contribution in [0.25, 0.3) is 0 Å². The van der Waals surface area contributed by atoms with Crippen molar-refractivity contribution in [2.45, 2.75) is 39.2 Å². The summed E-state index contributed by atoms with van der Waals surface area (Å²) in [6.07, 6.45) is 0.356. The number of nitrogens with zero attached hydrogens (tertiary/aromatic N) is 1. The first kappa shape index (κ1) is 16.9. The Hall–Kier alpha value is -2.18. The van der Waals surface area contributed by atoms with Crippen LogP contribution in [0, 0.1) is 0 Å². The Morgan fingerprint density at radius 1 is 0.952 bits per heavy atom. The Morgan fingerprint density at radius 2 is 1.52 bits per heavy atom. The first-order valence-corrected chi connectivity index (χ1v) is 6.40. The van der Waals surface area contributed by atoms with E-state index in [0.29, 0.717) is 0 Å². The van der Waals surface area contributed by atoms with Gasteiger partial charge in [-0.2, -0.15) is 0 Å². The first-order valence-electron chi connectivity index (χ1n) is 6.40. The summed E-state index contributed by atoms with van der Waals surface area (Å²) in [6, 6.07) is 0. The average Bonchev–Trinajstić information content (AvgIpc) is 2.43. The molecule has 0 bridgehead atoms. The molecule has 0 saturated carbocycles. The minimum absolute atomic E-state index is 0.0743. The molecule has 0 amide bonds. The normalized spacial score (nSPS) is 15.2. The van der Waals surface area contributed by atoms with Crippen LogP contribution in [-0.4, -0.2) is 43.4 Å². The summed E-state index contributed by atoms with van der Waals surface area (Å²) in [6.45, 7) is 5.15. The number of carbonyl (C=O) groups is 3. The molecule has 1 rings (SSSR count). The summed E-state index contributed by atoms with van der Waals surface area (Å²) in [7, 11) is 2.39. The maximum atomic E-state index is 12.1. The number of aliphatic imine (C=N–C) groups is 1. The van der Waals surface area contributed by atoms with Crippen LogP contribution in [-0.2, 0) is 28.6 Å². The van der Waals surface area contributed by atoms with Crippen LogP contribution < -0.4 is 0 Å². The molecule has 1 aliphatic rings. The monoisotopic (exact) mass is 297 g/mol. The van der Waals surface area contributed by atoms with Crippen LogP contribution in [0.4, 0.5) is 0 Å². The van der Waals surface area contributed by atoms with Crippen LogP contribution >= 0.6 is 0 Å². The van der Waals surface area contributed by atoms with Crippen molar-refractivity contribution in [1.82, 2.24) is 0 Å². The van der Waals surface area contributed by atoms with Gasteiger partial charge in [0, 0.05) is 6.42 Å². The third-order valence-electron chi connectivity index (χ3n) is 2.59. The molecular weight excluding hydrogens is 278 g/mol. The molecule has 21 heavy (non-hydrogen) atoms. The van der Waals surface area contributed by atoms with Crippen molar-refractivity contribution < 1.29 is 28.6 Å². The van der Waals surface area contributed by atoms with E-state index in [1.54, 1.807) is 20.8 Å². The van der Waals surface area contributed by atoms with E-state index in [1.807, 2.05) is 0 Å². The van der Waals surface area contributed by atoms with Gasteiger partial charge in [0.25, 0.3) is 0 Å². The minimum atomic E-state index is -0.794. The molecule has 0 unspecified atom stereocenters. The van der Waals surface area contributed by atoms with Crippen molar-refractivity contribution in [2.24, 2.45) is 4.99 Å². The predicted octanol–water partition coefficient (Wildman–Crippen LogP) is 1.16. The van der Waals surface area contributed by atoms with Crippen LogP contribution in [0.3, 0.4) is 0 Å². The van der Waals surface area contributed by atoms with Gasteiger partial charge >= 0.3 is 17.9 Å². The molecule has 0 N–H and O–H groups in total. The number of methoxy groups -OCH3 is 2. The van der Waals surface area contributed by atoms with Gasteiger partial charge in [0.15, 0.2) is 5.70 Å². The van der Waals surface area contributed by atoms with Crippen molar-refractivity contribution in [3.63, 3.8) is 0 Å². The van der Waals surface area contributed by atoms with Crippen molar-refractivity contribution in [3.8, 4) is 0 Å². The summed E-state index contributed by atoms with van der Waals surface area (Å²) in [5.41, 5.74) is -0.731. The summed E-state index contributed by atoms with van der Waals surface area (Å²) < 4.78 is 14.4. The second-order valence-electron chi connectivity index (χ2n) is 5.37. The van der Waals surface area contributed by atoms with Gasteiger partial charge in [-0.25, -0.2) is 19.4 Å². The van der Waals surface area contributed by atoms with Gasteiger partial charge in [0.05, 0.1) is 19.8 Å². The summed E-state index contributed by atoms with van der Waals surface area (Å²) >= 11 is 0. The zero-order valence-corrected chi connectivity index (χ0v) is 12.8. The molecule has 0 spiro atoms. The molecule has 0 aliphatic carbocycles. The van der Waals surface area contributed by atoms with Crippen LogP contribution in [0.5, 0.6) is 0 Å². The number of esters is 3. The van der Waals surface area contributed by atoms with Crippen LogP contribution in [0.1, 0.15) is 33.6 Å². The van der Waals surface area contributed by atoms with Crippen molar-refractivity contribution in [3.05, 3.63) is 11.3 Å². The molecule has 1 aliphatic heterocycles. The Balaban J connectivity index is 3.20. The highest BCUT2D eigenvalue weighted by Gasteiger charge is 2.31. The third kappa shape index (κ3) is 4.40. The van der Waals surface area contributed by atoms with Gasteiger partial charge < -0.3 is 14.2 Å². The second-order valence-corrected chi connectivity index (χ2v) is 5.37. The fraction of sp³-hybridized carbons (Fsp3) is 0.571. The summed E-state index contributed by atoms with van der Waals surface area (Å²) in [5.74, 6) is -2.08. The Labute approximate surface area is 123 Å². The van der Waals surface area contributed by atoms with E-state index >= 15 is 0 Å². The van der Waals surface area contributed by atoms with Gasteiger partial charge in [0.1, 0.15) is 11.3 Å². The van der Waals surface area contributed by atoms with Gasteiger partial charge in [-0.3, -0.25) is 0 Å². The number of hydrogen-bond donors (Lipinski definition) is 0. The molecular formula is C14H19NO6. The Bertz CT molecular complexity index is 524. The maximum absolute atomic E-state index is 12.1. The Morgan fingerprint density at radius 3 is 2.00 bits per heavy atom. The lowest BCUT2D eigenvalue weighted by Gasteiger charge is -2.22. The van der Waals surface area contributed by atoms with Crippen molar-refractivity contribution in [1.29, 1.82) is 0 Å². The standard InChI is InChI=1S/C14H19NO6/c1-14(2,3)21-11(16)8-6-7-9(12(17)19-4)15-10(8)13(18)20-5/h6-7H2,1-5H3. The molecule has 0 radical (unpaired) electrons. The smallest absolute Gasteiger partial charge is 0.357 e. The molecule has 0 fully saturated rings. The largest absolute Gasteiger partial charge is 0.465 e. The molecule has 0 aromatic carbocycles. The van der Waals surface area contributed by atoms with Gasteiger partial charge in [-0.15, -0.1) is 0 Å². The summed E-state index contributed by atoms with van der Waals surface area (Å²) in [4.78, 5) is 39.3. The van der Waals surface area contributed by atoms with Gasteiger partial charge in [0.2, 0.25) is 0 Å². The number of rotatable bonds is 3. The lowest BCUT2D eigenvalue weighted by atomic mass is 10.0. The maximum Gasteiger partial charge on any atom is 0.357 e. The van der Waals surface area contributed by atoms with E-state index in [2.05, 4.69) is 14.5 Å². The van der Waals surface area contributed by atoms with E-state index in [9.17, 15) is 14.4 Å². The molecule has 0 aromatic heterocycles. The molecule has 0 atom stereocenters. The highest BCUT2D eigenvalue weighted by Crippen LogP contribution is 2.24. The van der Waals surface area contributed by atoms with Crippen LogP contribution in [0.15, 0.2) is 16.3 Å². The fourth-order valence-electron chi connectivity index (χ4n) is 1.69. The zero-order valence-electron chi connectivity index (χ0n) is 12.8. The quantitative estimate of drug-likeness (QED) is 0.573. The Kier molecular flexibility index (Phi) is 5.23. The lowest BCUT2D eigenvalue weighted by Crippen LogP contribution is -2.29. The van der Waals surface area contributed by atoms with E-state index in [-0.39, 0.29) is 29.8 Å². The van der Waals surface area contributed by atoms with Crippen LogP contribution in [0.2, 0.25) is 0 Å². The number of carbonyl (C=O) groups excluding carboxylic acids is 3. The van der Waals surface area contributed by atoms with Crippen molar-refractivity contribution in [2.75, 3.05) is 14.2 Å². The zero-order chi connectivity index (χ0) is 16.2. The van der Waals surface area contributed by atoms with E-state index in [0.717, 1.165) is 0 Å². The van der Waals surface area contributed by atoms with E-state index < -0.39 is 23.5 Å².